The van der Waals surface area contributed by atoms with Crippen LogP contribution in [0.25, 0.3) is 5.76 Å². The standard InChI is InChI=1S/C18H14O2.C9H8O.3C2H6.O2/c19-17-13-7-3-1-5-11(13)9-15(17)16-10-12-6-2-4-8-14(12)18(16)20;10-9-6-5-7-3-1-2-4-8(7)9;4*1-2/h1-8,17,19H,9-10H2;1-4,6,10H,5H2;3*1-2H3;/b16-15+;;;;;. The third-order valence-corrected chi connectivity index (χ3v) is 6.16. The normalized spacial score (nSPS) is 17.0. The van der Waals surface area contributed by atoms with Crippen molar-refractivity contribution in [3.8, 4) is 0 Å². The zero-order valence-electron chi connectivity index (χ0n) is 23.3. The molecule has 5 nitrogen and oxygen atoms in total. The van der Waals surface area contributed by atoms with E-state index in [1.165, 1.54) is 5.56 Å². The Bertz CT molecular complexity index is 1240. The van der Waals surface area contributed by atoms with Crippen LogP contribution in [0.4, 0.5) is 0 Å². The first-order chi connectivity index (χ1) is 18.6. The lowest BCUT2D eigenvalue weighted by Gasteiger charge is -2.08. The molecule has 2 N–H and O–H groups in total. The van der Waals surface area contributed by atoms with Crippen LogP contribution in [-0.4, -0.2) is 16.0 Å². The zero-order valence-corrected chi connectivity index (χ0v) is 23.3. The second kappa shape index (κ2) is 16.8. The van der Waals surface area contributed by atoms with E-state index in [0.717, 1.165) is 45.4 Å². The van der Waals surface area contributed by atoms with E-state index in [1.54, 1.807) is 0 Å². The molecule has 0 heterocycles. The number of carbonyl (C=O) groups excluding carboxylic acids is 1. The Morgan fingerprint density at radius 3 is 1.71 bits per heavy atom. The van der Waals surface area contributed by atoms with Crippen LogP contribution in [0.15, 0.2) is 90.0 Å². The Morgan fingerprint density at radius 1 is 0.658 bits per heavy atom. The number of aliphatic hydroxyl groups excluding tert-OH is 2. The molecule has 0 bridgehead atoms. The molecule has 38 heavy (non-hydrogen) atoms. The van der Waals surface area contributed by atoms with Gasteiger partial charge in [0.2, 0.25) is 0 Å². The van der Waals surface area contributed by atoms with Crippen LogP contribution < -0.4 is 0 Å². The lowest BCUT2D eigenvalue weighted by atomic mass is 10.0. The fraction of sp³-hybridized carbons (Fsp3) is 0.303. The van der Waals surface area contributed by atoms with Gasteiger partial charge in [0.05, 0.1) is 0 Å². The minimum atomic E-state index is -0.625. The van der Waals surface area contributed by atoms with Crippen LogP contribution in [0.2, 0.25) is 0 Å². The van der Waals surface area contributed by atoms with Gasteiger partial charge in [0.25, 0.3) is 0 Å². The van der Waals surface area contributed by atoms with Crippen LogP contribution in [-0.2, 0) is 19.3 Å². The number of Topliss-reactive ketones (excluding diaryl/α,β-unsaturated/α-hetero) is 1. The molecule has 3 aromatic carbocycles. The summed E-state index contributed by atoms with van der Waals surface area (Å²) in [7, 11) is 0. The van der Waals surface area contributed by atoms with E-state index < -0.39 is 6.10 Å². The summed E-state index contributed by atoms with van der Waals surface area (Å²) in [6.45, 7) is 12.0. The van der Waals surface area contributed by atoms with Gasteiger partial charge in [-0.1, -0.05) is 114 Å². The molecule has 0 aromatic heterocycles. The SMILES string of the molecule is CC.CC.CC.O=C1/C(=C2\Cc3ccccc3C2O)Cc2ccccc21.O=O.OC1=CCc2ccccc21. The number of hydrogen-bond acceptors (Lipinski definition) is 5. The molecule has 0 fully saturated rings. The maximum atomic E-state index is 12.5. The van der Waals surface area contributed by atoms with E-state index in [4.69, 9.17) is 9.93 Å². The summed E-state index contributed by atoms with van der Waals surface area (Å²) >= 11 is 0. The Hall–Kier alpha value is -3.83. The van der Waals surface area contributed by atoms with Crippen molar-refractivity contribution in [1.82, 2.24) is 0 Å². The van der Waals surface area contributed by atoms with Gasteiger partial charge in [-0.3, -0.25) is 4.79 Å². The van der Waals surface area contributed by atoms with Gasteiger partial charge >= 0.3 is 0 Å². The minimum Gasteiger partial charge on any atom is -0.508 e. The first-order valence-electron chi connectivity index (χ1n) is 13.4. The number of carbonyl (C=O) groups is 1. The van der Waals surface area contributed by atoms with Crippen molar-refractivity contribution in [2.75, 3.05) is 0 Å². The molecule has 0 radical (unpaired) electrons. The van der Waals surface area contributed by atoms with Crippen LogP contribution in [0.5, 0.6) is 0 Å². The van der Waals surface area contributed by atoms with E-state index in [9.17, 15) is 15.0 Å². The fourth-order valence-corrected chi connectivity index (χ4v) is 4.58. The maximum Gasteiger partial charge on any atom is 0.189 e. The first kappa shape index (κ1) is 32.2. The molecule has 5 heteroatoms. The number of ketones is 1. The molecule has 0 spiro atoms. The average molecular weight is 517 g/mol. The van der Waals surface area contributed by atoms with Crippen molar-refractivity contribution in [3.63, 3.8) is 0 Å². The van der Waals surface area contributed by atoms with Gasteiger partial charge in [-0.05, 0) is 46.7 Å². The number of allylic oxidation sites excluding steroid dienone is 2. The van der Waals surface area contributed by atoms with Gasteiger partial charge in [-0.2, -0.15) is 0 Å². The highest BCUT2D eigenvalue weighted by molar-refractivity contribution is 6.13. The zero-order chi connectivity index (χ0) is 28.7. The van der Waals surface area contributed by atoms with Gasteiger partial charge in [-0.15, -0.1) is 0 Å². The smallest absolute Gasteiger partial charge is 0.189 e. The summed E-state index contributed by atoms with van der Waals surface area (Å²) in [4.78, 5) is 26.5. The quantitative estimate of drug-likeness (QED) is 0.293. The molecular formula is C33H40O5. The molecule has 0 saturated heterocycles. The second-order valence-electron chi connectivity index (χ2n) is 7.90. The minimum absolute atomic E-state index is 0.0856. The van der Waals surface area contributed by atoms with Crippen molar-refractivity contribution in [3.05, 3.63) is 133 Å². The van der Waals surface area contributed by atoms with Gasteiger partial charge in [-0.25, -0.2) is 0 Å². The summed E-state index contributed by atoms with van der Waals surface area (Å²) in [5.41, 5.74) is 7.82. The van der Waals surface area contributed by atoms with Crippen molar-refractivity contribution in [2.45, 2.75) is 66.9 Å². The molecule has 202 valence electrons. The molecule has 3 aliphatic rings. The molecule has 0 amide bonds. The maximum absolute atomic E-state index is 12.5. The molecular weight excluding hydrogens is 476 g/mol. The van der Waals surface area contributed by atoms with Crippen LogP contribution >= 0.6 is 0 Å². The summed E-state index contributed by atoms with van der Waals surface area (Å²) in [6.07, 6.45) is 3.42. The summed E-state index contributed by atoms with van der Waals surface area (Å²) < 4.78 is 0. The predicted molar refractivity (Wildman–Crippen MR) is 158 cm³/mol. The summed E-state index contributed by atoms with van der Waals surface area (Å²) in [5, 5.41) is 19.7. The Kier molecular flexibility index (Phi) is 14.3. The summed E-state index contributed by atoms with van der Waals surface area (Å²) in [6, 6.07) is 23.5. The monoisotopic (exact) mass is 516 g/mol. The molecule has 6 rings (SSSR count). The average Bonchev–Trinajstić information content (AvgIpc) is 3.66. The number of rotatable bonds is 0. The van der Waals surface area contributed by atoms with Crippen LogP contribution in [0.3, 0.4) is 0 Å². The molecule has 0 saturated carbocycles. The van der Waals surface area contributed by atoms with Crippen LogP contribution in [0, 0.1) is 9.93 Å². The Morgan fingerprint density at radius 2 is 1.16 bits per heavy atom. The number of hydrogen-bond donors (Lipinski definition) is 2. The number of fused-ring (bicyclic) bond motifs is 3. The van der Waals surface area contributed by atoms with Gasteiger partial charge in [0.15, 0.2) is 5.78 Å². The highest BCUT2D eigenvalue weighted by Crippen LogP contribution is 2.40. The highest BCUT2D eigenvalue weighted by Gasteiger charge is 2.33. The summed E-state index contributed by atoms with van der Waals surface area (Å²) in [5.74, 6) is 0.512. The lowest BCUT2D eigenvalue weighted by molar-refractivity contribution is 0.103. The Labute approximate surface area is 226 Å². The van der Waals surface area contributed by atoms with E-state index in [1.807, 2.05) is 120 Å². The molecule has 3 aliphatic carbocycles. The van der Waals surface area contributed by atoms with Gasteiger partial charge in [0, 0.05) is 33.1 Å². The van der Waals surface area contributed by atoms with Crippen molar-refractivity contribution in [2.24, 2.45) is 0 Å². The van der Waals surface area contributed by atoms with E-state index in [2.05, 4.69) is 0 Å². The highest BCUT2D eigenvalue weighted by atomic mass is 16.7. The fourth-order valence-electron chi connectivity index (χ4n) is 4.58. The van der Waals surface area contributed by atoms with E-state index >= 15 is 0 Å². The predicted octanol–water partition coefficient (Wildman–Crippen LogP) is 8.30. The number of aliphatic hydroxyl groups is 2. The molecule has 3 aromatic rings. The van der Waals surface area contributed by atoms with Crippen molar-refractivity contribution < 1.29 is 15.0 Å². The van der Waals surface area contributed by atoms with E-state index in [-0.39, 0.29) is 5.78 Å². The third kappa shape index (κ3) is 7.14. The topological polar surface area (TPSA) is 91.7 Å². The van der Waals surface area contributed by atoms with Gasteiger partial charge < -0.3 is 10.2 Å². The van der Waals surface area contributed by atoms with Gasteiger partial charge in [0.1, 0.15) is 11.9 Å². The molecule has 1 atom stereocenters. The largest absolute Gasteiger partial charge is 0.508 e. The van der Waals surface area contributed by atoms with Crippen LogP contribution in [0.1, 0.15) is 85.8 Å². The Balaban J connectivity index is 0.000000339. The van der Waals surface area contributed by atoms with Crippen molar-refractivity contribution >= 4 is 11.5 Å². The van der Waals surface area contributed by atoms with Crippen molar-refractivity contribution in [1.29, 1.82) is 0 Å². The first-order valence-corrected chi connectivity index (χ1v) is 13.4. The molecule has 0 aliphatic heterocycles. The van der Waals surface area contributed by atoms with E-state index in [0.29, 0.717) is 18.6 Å². The lowest BCUT2D eigenvalue weighted by Crippen LogP contribution is -2.04. The molecule has 1 unspecified atom stereocenters. The number of benzene rings is 3. The third-order valence-electron chi connectivity index (χ3n) is 6.16. The second-order valence-corrected chi connectivity index (χ2v) is 7.90.